The summed E-state index contributed by atoms with van der Waals surface area (Å²) in [6, 6.07) is 20.9. The Bertz CT molecular complexity index is 1450. The zero-order valence-corrected chi connectivity index (χ0v) is 24.7. The van der Waals surface area contributed by atoms with Gasteiger partial charge in [-0.3, -0.25) is 24.3 Å². The van der Waals surface area contributed by atoms with Crippen molar-refractivity contribution in [2.75, 3.05) is 26.2 Å². The number of amides is 1. The van der Waals surface area contributed by atoms with E-state index in [0.29, 0.717) is 48.7 Å². The van der Waals surface area contributed by atoms with E-state index in [9.17, 15) is 14.4 Å². The van der Waals surface area contributed by atoms with Crippen LogP contribution in [0.15, 0.2) is 66.9 Å². The van der Waals surface area contributed by atoms with Crippen LogP contribution >= 0.6 is 0 Å². The molecule has 8 heteroatoms. The summed E-state index contributed by atoms with van der Waals surface area (Å²) in [5.41, 5.74) is 3.75. The molecule has 1 amide bonds. The number of carbonyl (C=O) groups excluding carboxylic acids is 3. The number of pyridine rings is 1. The first-order chi connectivity index (χ1) is 20.9. The van der Waals surface area contributed by atoms with Crippen LogP contribution < -0.4 is 4.74 Å². The summed E-state index contributed by atoms with van der Waals surface area (Å²) in [6.45, 7) is 5.48. The van der Waals surface area contributed by atoms with Gasteiger partial charge in [-0.25, -0.2) is 0 Å². The van der Waals surface area contributed by atoms with Gasteiger partial charge in [-0.15, -0.1) is 0 Å². The fourth-order valence-electron chi connectivity index (χ4n) is 5.86. The van der Waals surface area contributed by atoms with Crippen LogP contribution in [0.1, 0.15) is 76.6 Å². The third-order valence-electron chi connectivity index (χ3n) is 8.38. The Kier molecular flexibility index (Phi) is 9.96. The summed E-state index contributed by atoms with van der Waals surface area (Å²) in [6.07, 6.45) is 5.88. The van der Waals surface area contributed by atoms with Gasteiger partial charge in [0.05, 0.1) is 11.6 Å². The van der Waals surface area contributed by atoms with Crippen molar-refractivity contribution in [3.05, 3.63) is 94.8 Å². The van der Waals surface area contributed by atoms with E-state index in [0.717, 1.165) is 56.6 Å². The van der Waals surface area contributed by atoms with Gasteiger partial charge in [0.1, 0.15) is 23.3 Å². The lowest BCUT2D eigenvalue weighted by Crippen LogP contribution is -2.42. The molecule has 0 atom stereocenters. The van der Waals surface area contributed by atoms with Crippen LogP contribution in [-0.4, -0.2) is 64.5 Å². The van der Waals surface area contributed by atoms with E-state index in [1.165, 1.54) is 5.56 Å². The number of hydrogen-bond acceptors (Lipinski definition) is 7. The van der Waals surface area contributed by atoms with Crippen molar-refractivity contribution < 1.29 is 19.1 Å². The summed E-state index contributed by atoms with van der Waals surface area (Å²) in [5.74, 6) is 1.19. The van der Waals surface area contributed by atoms with Crippen LogP contribution in [0.2, 0.25) is 0 Å². The number of Topliss-reactive ketones (excluding diaryl/α,β-unsaturated/α-hetero) is 2. The Morgan fingerprint density at radius 2 is 1.56 bits per heavy atom. The Morgan fingerprint density at radius 1 is 0.884 bits per heavy atom. The molecule has 0 spiro atoms. The van der Waals surface area contributed by atoms with E-state index in [1.807, 2.05) is 48.5 Å². The Balaban J connectivity index is 1.04. The molecule has 3 aromatic rings. The van der Waals surface area contributed by atoms with Crippen molar-refractivity contribution in [2.45, 2.75) is 58.1 Å². The first kappa shape index (κ1) is 30.1. The largest absolute Gasteiger partial charge is 0.490 e. The van der Waals surface area contributed by atoms with Crippen molar-refractivity contribution in [3.8, 4) is 11.8 Å². The van der Waals surface area contributed by atoms with Crippen molar-refractivity contribution in [2.24, 2.45) is 5.92 Å². The lowest BCUT2D eigenvalue weighted by atomic mass is 9.90. The van der Waals surface area contributed by atoms with Gasteiger partial charge in [0.2, 0.25) is 0 Å². The number of aromatic nitrogens is 1. The van der Waals surface area contributed by atoms with Crippen LogP contribution in [-0.2, 0) is 17.8 Å². The molecule has 2 aliphatic heterocycles. The number of nitriles is 1. The lowest BCUT2D eigenvalue weighted by Gasteiger charge is -2.32. The summed E-state index contributed by atoms with van der Waals surface area (Å²) >= 11 is 0. The van der Waals surface area contributed by atoms with Gasteiger partial charge in [0.15, 0.2) is 5.78 Å². The zero-order chi connectivity index (χ0) is 30.2. The number of likely N-dealkylation sites (tertiary alicyclic amines) is 2. The fraction of sp³-hybridized carbons (Fsp3) is 0.400. The highest BCUT2D eigenvalue weighted by atomic mass is 16.5. The maximum atomic E-state index is 13.1. The molecule has 0 radical (unpaired) electrons. The molecule has 0 aliphatic carbocycles. The topological polar surface area (TPSA) is 104 Å². The number of benzene rings is 2. The first-order valence-electron chi connectivity index (χ1n) is 15.1. The Hall–Kier alpha value is -4.35. The SMILES string of the molecule is CC(=O)Cc1ccc(OC2CCN(C(=O)c3ccc(C(=O)CC4CCN(Cc5ccc(C#N)cc5)CC4)cn3)CC2)cc1. The molecule has 5 rings (SSSR count). The molecule has 8 nitrogen and oxygen atoms in total. The second-order valence-electron chi connectivity index (χ2n) is 11.7. The Morgan fingerprint density at radius 3 is 2.16 bits per heavy atom. The van der Waals surface area contributed by atoms with Gasteiger partial charge >= 0.3 is 0 Å². The smallest absolute Gasteiger partial charge is 0.272 e. The number of ether oxygens (including phenoxy) is 1. The average Bonchev–Trinajstić information content (AvgIpc) is 3.03. The molecule has 1 aromatic heterocycles. The molecule has 0 bridgehead atoms. The maximum Gasteiger partial charge on any atom is 0.272 e. The molecule has 0 unspecified atom stereocenters. The number of carbonyl (C=O) groups is 3. The number of rotatable bonds is 10. The minimum absolute atomic E-state index is 0.0264. The lowest BCUT2D eigenvalue weighted by molar-refractivity contribution is -0.116. The molecular weight excluding hydrogens is 540 g/mol. The quantitative estimate of drug-likeness (QED) is 0.303. The third kappa shape index (κ3) is 8.36. The predicted molar refractivity (Wildman–Crippen MR) is 163 cm³/mol. The van der Waals surface area contributed by atoms with Gasteiger partial charge in [0, 0.05) is 57.1 Å². The molecule has 0 saturated carbocycles. The highest BCUT2D eigenvalue weighted by Gasteiger charge is 2.26. The summed E-state index contributed by atoms with van der Waals surface area (Å²) in [5, 5.41) is 8.97. The van der Waals surface area contributed by atoms with E-state index >= 15 is 0 Å². The van der Waals surface area contributed by atoms with Crippen molar-refractivity contribution in [3.63, 3.8) is 0 Å². The van der Waals surface area contributed by atoms with E-state index in [1.54, 1.807) is 30.2 Å². The number of piperidine rings is 2. The van der Waals surface area contributed by atoms with E-state index in [2.05, 4.69) is 16.0 Å². The molecule has 3 heterocycles. The van der Waals surface area contributed by atoms with E-state index < -0.39 is 0 Å². The number of hydrogen-bond donors (Lipinski definition) is 0. The monoisotopic (exact) mass is 578 g/mol. The minimum Gasteiger partial charge on any atom is -0.490 e. The highest BCUT2D eigenvalue weighted by Crippen LogP contribution is 2.24. The van der Waals surface area contributed by atoms with Crippen LogP contribution in [0, 0.1) is 17.2 Å². The molecule has 2 aromatic carbocycles. The van der Waals surface area contributed by atoms with Crippen molar-refractivity contribution in [1.82, 2.24) is 14.8 Å². The Labute approximate surface area is 253 Å². The molecule has 2 aliphatic rings. The molecule has 222 valence electrons. The first-order valence-corrected chi connectivity index (χ1v) is 15.1. The number of ketones is 2. The van der Waals surface area contributed by atoms with Gasteiger partial charge in [-0.1, -0.05) is 24.3 Å². The molecule has 0 N–H and O–H groups in total. The molecular formula is C35H38N4O4. The highest BCUT2D eigenvalue weighted by molar-refractivity contribution is 5.97. The van der Waals surface area contributed by atoms with Crippen molar-refractivity contribution in [1.29, 1.82) is 5.26 Å². The number of nitrogens with zero attached hydrogens (tertiary/aromatic N) is 4. The standard InChI is InChI=1S/C35H38N4O4/c1-25(40)20-26-6-9-31(10-7-26)43-32-14-18-39(19-15-32)35(42)33-11-8-30(23-37-33)34(41)21-27-12-16-38(17-13-27)24-29-4-2-28(22-36)3-5-29/h2-11,23,27,32H,12-21,24H2,1H3. The predicted octanol–water partition coefficient (Wildman–Crippen LogP) is 5.25. The molecule has 43 heavy (non-hydrogen) atoms. The van der Waals surface area contributed by atoms with Gasteiger partial charge in [-0.05, 0) is 86.3 Å². The summed E-state index contributed by atoms with van der Waals surface area (Å²) < 4.78 is 6.11. The molecule has 2 fully saturated rings. The average molecular weight is 579 g/mol. The zero-order valence-electron chi connectivity index (χ0n) is 24.7. The third-order valence-corrected chi connectivity index (χ3v) is 8.38. The van der Waals surface area contributed by atoms with Crippen LogP contribution in [0.5, 0.6) is 5.75 Å². The van der Waals surface area contributed by atoms with Crippen molar-refractivity contribution >= 4 is 17.5 Å². The van der Waals surface area contributed by atoms with Crippen LogP contribution in [0.25, 0.3) is 0 Å². The van der Waals surface area contributed by atoms with Crippen LogP contribution in [0.4, 0.5) is 0 Å². The summed E-state index contributed by atoms with van der Waals surface area (Å²) in [7, 11) is 0. The summed E-state index contributed by atoms with van der Waals surface area (Å²) in [4.78, 5) is 45.9. The van der Waals surface area contributed by atoms with Gasteiger partial charge in [-0.2, -0.15) is 5.26 Å². The fourth-order valence-corrected chi connectivity index (χ4v) is 5.86. The van der Waals surface area contributed by atoms with Gasteiger partial charge < -0.3 is 9.64 Å². The van der Waals surface area contributed by atoms with E-state index in [-0.39, 0.29) is 23.6 Å². The minimum atomic E-state index is -0.124. The normalized spacial score (nSPS) is 16.4. The maximum absolute atomic E-state index is 13.1. The van der Waals surface area contributed by atoms with Gasteiger partial charge in [0.25, 0.3) is 5.91 Å². The second-order valence-corrected chi connectivity index (χ2v) is 11.7. The van der Waals surface area contributed by atoms with Crippen LogP contribution in [0.3, 0.4) is 0 Å². The molecule has 2 saturated heterocycles. The second kappa shape index (κ2) is 14.2. The van der Waals surface area contributed by atoms with E-state index in [4.69, 9.17) is 10.00 Å².